The molecule has 3 heterocycles. The van der Waals surface area contributed by atoms with Gasteiger partial charge in [-0.1, -0.05) is 12.1 Å². The third kappa shape index (κ3) is 4.88. The molecular weight excluding hydrogens is 445 g/mol. The quantitative estimate of drug-likeness (QED) is 0.688. The van der Waals surface area contributed by atoms with Gasteiger partial charge in [0.25, 0.3) is 0 Å². The van der Waals surface area contributed by atoms with Gasteiger partial charge < -0.3 is 14.7 Å². The van der Waals surface area contributed by atoms with Crippen LogP contribution in [0.5, 0.6) is 0 Å². The number of alkyl halides is 3. The second kappa shape index (κ2) is 9.41. The Morgan fingerprint density at radius 2 is 2.06 bits per heavy atom. The first-order chi connectivity index (χ1) is 16.2. The van der Waals surface area contributed by atoms with E-state index in [1.54, 1.807) is 0 Å². The topological polar surface area (TPSA) is 79.3 Å². The molecule has 2 aliphatic rings. The Morgan fingerprint density at radius 3 is 2.79 bits per heavy atom. The maximum absolute atomic E-state index is 12.5. The average molecular weight is 473 g/mol. The largest absolute Gasteiger partial charge is 0.409 e. The number of amides is 1. The van der Waals surface area contributed by atoms with E-state index >= 15 is 0 Å². The fourth-order valence-corrected chi connectivity index (χ4v) is 4.73. The number of halogens is 3. The lowest BCUT2D eigenvalue weighted by Gasteiger charge is -2.41. The minimum atomic E-state index is -4.55. The number of carbonyl (C=O) groups excluding carboxylic acids is 1. The Kier molecular flexibility index (Phi) is 6.55. The minimum Gasteiger partial charge on any atom is -0.365 e. The minimum absolute atomic E-state index is 0.0368. The molecule has 1 aromatic carbocycles. The Labute approximate surface area is 196 Å². The van der Waals surface area contributed by atoms with Crippen molar-refractivity contribution in [3.05, 3.63) is 52.7 Å². The van der Waals surface area contributed by atoms with Gasteiger partial charge in [-0.2, -0.15) is 23.5 Å². The van der Waals surface area contributed by atoms with Gasteiger partial charge in [-0.05, 0) is 37.5 Å². The van der Waals surface area contributed by atoms with E-state index in [2.05, 4.69) is 53.2 Å². The number of H-pyrrole nitrogens is 1. The van der Waals surface area contributed by atoms with Gasteiger partial charge in [0, 0.05) is 49.6 Å². The number of carbonyl (C=O) groups is 1. The van der Waals surface area contributed by atoms with Crippen molar-refractivity contribution in [3.8, 4) is 6.07 Å². The Balaban J connectivity index is 1.49. The monoisotopic (exact) mass is 472 g/mol. The van der Waals surface area contributed by atoms with Crippen molar-refractivity contribution in [2.45, 2.75) is 45.5 Å². The molecule has 0 spiro atoms. The van der Waals surface area contributed by atoms with Crippen LogP contribution >= 0.6 is 0 Å². The van der Waals surface area contributed by atoms with Crippen LogP contribution in [0.25, 0.3) is 0 Å². The van der Waals surface area contributed by atoms with E-state index in [0.717, 1.165) is 30.0 Å². The van der Waals surface area contributed by atoms with E-state index < -0.39 is 18.1 Å². The fraction of sp³-hybridized carbons (Fsp3) is 0.458. The summed E-state index contributed by atoms with van der Waals surface area (Å²) in [5, 5.41) is 16.9. The molecule has 1 aromatic heterocycles. The first-order valence-corrected chi connectivity index (χ1v) is 11.2. The highest BCUT2D eigenvalue weighted by Gasteiger charge is 2.34. The lowest BCUT2D eigenvalue weighted by Crippen LogP contribution is -2.55. The average Bonchev–Trinajstić information content (AvgIpc) is 3.22. The number of allylic oxidation sites excluding steroid dienone is 1. The second-order valence-electron chi connectivity index (χ2n) is 8.76. The summed E-state index contributed by atoms with van der Waals surface area (Å²) in [4.78, 5) is 18.1. The number of benzene rings is 1. The van der Waals surface area contributed by atoms with Crippen LogP contribution in [0.4, 0.5) is 24.7 Å². The van der Waals surface area contributed by atoms with Crippen LogP contribution in [0, 0.1) is 25.2 Å². The molecule has 1 atom stereocenters. The predicted octanol–water partition coefficient (Wildman–Crippen LogP) is 3.64. The van der Waals surface area contributed by atoms with Crippen LogP contribution in [0.1, 0.15) is 28.8 Å². The van der Waals surface area contributed by atoms with Crippen LogP contribution in [0.3, 0.4) is 0 Å². The summed E-state index contributed by atoms with van der Waals surface area (Å²) in [7, 11) is 0. The molecule has 1 fully saturated rings. The number of hydrogen-bond acceptors (Lipinski definition) is 5. The molecule has 0 saturated carbocycles. The molecule has 0 unspecified atom stereocenters. The van der Waals surface area contributed by atoms with Crippen molar-refractivity contribution in [2.24, 2.45) is 0 Å². The van der Waals surface area contributed by atoms with E-state index in [4.69, 9.17) is 0 Å². The second-order valence-corrected chi connectivity index (χ2v) is 8.76. The van der Waals surface area contributed by atoms with Crippen molar-refractivity contribution in [1.82, 2.24) is 15.1 Å². The van der Waals surface area contributed by atoms with E-state index in [1.807, 2.05) is 4.90 Å². The number of nitrogens with one attached hydrogen (secondary N) is 1. The summed E-state index contributed by atoms with van der Waals surface area (Å²) in [6.45, 7) is 6.77. The normalized spacial score (nSPS) is 18.8. The third-order valence-electron chi connectivity index (χ3n) is 6.64. The smallest absolute Gasteiger partial charge is 0.365 e. The maximum atomic E-state index is 12.5. The molecule has 1 amide bonds. The van der Waals surface area contributed by atoms with Gasteiger partial charge in [-0.25, -0.2) is 0 Å². The zero-order chi connectivity index (χ0) is 24.5. The molecule has 0 radical (unpaired) electrons. The molecule has 1 saturated heterocycles. The van der Waals surface area contributed by atoms with Gasteiger partial charge >= 0.3 is 6.18 Å². The van der Waals surface area contributed by atoms with Crippen LogP contribution in [-0.2, 0) is 17.8 Å². The van der Waals surface area contributed by atoms with Crippen LogP contribution in [-0.4, -0.2) is 59.4 Å². The number of hydrogen-bond donors (Lipinski definition) is 1. The lowest BCUT2D eigenvalue weighted by molar-refractivity contribution is -0.129. The van der Waals surface area contributed by atoms with Gasteiger partial charge in [0.05, 0.1) is 30.8 Å². The zero-order valence-electron chi connectivity index (χ0n) is 19.2. The van der Waals surface area contributed by atoms with Gasteiger partial charge in [-0.15, -0.1) is 0 Å². The van der Waals surface area contributed by atoms with Gasteiger partial charge in [0.2, 0.25) is 5.91 Å². The summed E-state index contributed by atoms with van der Waals surface area (Å²) < 4.78 is 37.4. The Hall–Kier alpha value is -3.48. The molecule has 10 heteroatoms. The van der Waals surface area contributed by atoms with Crippen LogP contribution in [0.2, 0.25) is 0 Å². The number of piperazine rings is 1. The van der Waals surface area contributed by atoms with E-state index in [-0.39, 0.29) is 19.0 Å². The predicted molar refractivity (Wildman–Crippen MR) is 122 cm³/mol. The summed E-state index contributed by atoms with van der Waals surface area (Å²) in [6.07, 6.45) is -3.24. The van der Waals surface area contributed by atoms with E-state index in [1.165, 1.54) is 21.7 Å². The molecule has 0 aliphatic carbocycles. The molecular formula is C24H27F3N6O. The first-order valence-electron chi connectivity index (χ1n) is 11.2. The molecule has 7 nitrogen and oxygen atoms in total. The number of fused-ring (bicyclic) bond motifs is 1. The summed E-state index contributed by atoms with van der Waals surface area (Å²) >= 11 is 0. The molecule has 34 heavy (non-hydrogen) atoms. The fourth-order valence-electron chi connectivity index (χ4n) is 4.73. The van der Waals surface area contributed by atoms with Crippen molar-refractivity contribution in [1.29, 1.82) is 5.26 Å². The molecule has 180 valence electrons. The standard InChI is InChI=1S/C24H27F3N6O/c1-16-4-3-5-21(17(16)2)31-11-8-19-20(15-31)29-30-23(19)32-12-13-33(18(14-32)7-10-28)22(34)6-9-24(25,26)27/h3-6,9,18H,7-8,11-15H2,1-2H3,(H,29,30)/b9-6+/t18-/m0/s1. The third-order valence-corrected chi connectivity index (χ3v) is 6.64. The summed E-state index contributed by atoms with van der Waals surface area (Å²) in [6, 6.07) is 7.83. The highest BCUT2D eigenvalue weighted by Crippen LogP contribution is 2.32. The van der Waals surface area contributed by atoms with Crippen LogP contribution in [0.15, 0.2) is 30.4 Å². The van der Waals surface area contributed by atoms with Crippen molar-refractivity contribution in [3.63, 3.8) is 0 Å². The van der Waals surface area contributed by atoms with Crippen LogP contribution < -0.4 is 9.80 Å². The lowest BCUT2D eigenvalue weighted by atomic mass is 10.0. The number of nitrogens with zero attached hydrogens (tertiary/aromatic N) is 5. The number of anilines is 2. The highest BCUT2D eigenvalue weighted by atomic mass is 19.4. The van der Waals surface area contributed by atoms with Crippen molar-refractivity contribution >= 4 is 17.4 Å². The van der Waals surface area contributed by atoms with Gasteiger partial charge in [0.1, 0.15) is 0 Å². The SMILES string of the molecule is Cc1cccc(N2CCc3c(N4CCN(C(=O)/C=C/C(F)(F)F)[C@@H](CC#N)C4)n[nH]c3C2)c1C. The first kappa shape index (κ1) is 23.7. The Bertz CT molecular complexity index is 1130. The van der Waals surface area contributed by atoms with E-state index in [0.29, 0.717) is 25.7 Å². The Morgan fingerprint density at radius 1 is 1.26 bits per heavy atom. The van der Waals surface area contributed by atoms with Gasteiger partial charge in [-0.3, -0.25) is 9.89 Å². The number of nitriles is 1. The summed E-state index contributed by atoms with van der Waals surface area (Å²) in [5.74, 6) is 0.0712. The van der Waals surface area contributed by atoms with Crippen molar-refractivity contribution in [2.75, 3.05) is 36.0 Å². The molecule has 0 bridgehead atoms. The zero-order valence-corrected chi connectivity index (χ0v) is 19.2. The molecule has 4 rings (SSSR count). The maximum Gasteiger partial charge on any atom is 0.409 e. The highest BCUT2D eigenvalue weighted by molar-refractivity contribution is 5.88. The van der Waals surface area contributed by atoms with Gasteiger partial charge in [0.15, 0.2) is 5.82 Å². The number of aromatic nitrogens is 2. The number of rotatable bonds is 4. The summed E-state index contributed by atoms with van der Waals surface area (Å²) in [5.41, 5.74) is 5.86. The van der Waals surface area contributed by atoms with Crippen molar-refractivity contribution < 1.29 is 18.0 Å². The number of aromatic amines is 1. The molecule has 2 aliphatic heterocycles. The van der Waals surface area contributed by atoms with E-state index in [9.17, 15) is 23.2 Å². The molecule has 2 aromatic rings. The number of aryl methyl sites for hydroxylation is 1. The molecule has 1 N–H and O–H groups in total.